The molecule has 8 heteroatoms. The molecule has 0 fully saturated rings. The first-order valence-corrected chi connectivity index (χ1v) is 8.78. The van der Waals surface area contributed by atoms with Crippen LogP contribution < -0.4 is 25.9 Å². The van der Waals surface area contributed by atoms with Crippen molar-refractivity contribution in [2.75, 3.05) is 13.2 Å². The van der Waals surface area contributed by atoms with Crippen molar-refractivity contribution >= 4 is 29.5 Å². The van der Waals surface area contributed by atoms with Gasteiger partial charge >= 0.3 is 0 Å². The molecular weight excluding hydrogens is 364 g/mol. The summed E-state index contributed by atoms with van der Waals surface area (Å²) < 4.78 is 11.2. The molecular formula is C19H22N4O3S. The monoisotopic (exact) mass is 386 g/mol. The van der Waals surface area contributed by atoms with Crippen LogP contribution in [0.2, 0.25) is 0 Å². The Labute approximate surface area is 163 Å². The van der Waals surface area contributed by atoms with Gasteiger partial charge in [-0.05, 0) is 48.5 Å². The first kappa shape index (κ1) is 20.2. The Bertz CT molecular complexity index is 797. The van der Waals surface area contributed by atoms with Gasteiger partial charge < -0.3 is 20.5 Å². The summed E-state index contributed by atoms with van der Waals surface area (Å²) in [4.78, 5) is 12.0. The number of carbonyl (C=O) groups is 1. The zero-order chi connectivity index (χ0) is 19.5. The predicted octanol–water partition coefficient (Wildman–Crippen LogP) is 1.95. The normalized spacial score (nSPS) is 10.4. The van der Waals surface area contributed by atoms with Crippen LogP contribution in [-0.2, 0) is 11.3 Å². The maximum Gasteiger partial charge on any atom is 0.258 e. The van der Waals surface area contributed by atoms with Crippen molar-refractivity contribution in [1.29, 1.82) is 0 Å². The summed E-state index contributed by atoms with van der Waals surface area (Å²) in [6.07, 6.45) is 1.55. The maximum atomic E-state index is 12.0. The highest BCUT2D eigenvalue weighted by atomic mass is 32.1. The summed E-state index contributed by atoms with van der Waals surface area (Å²) in [5.74, 6) is 0.784. The van der Waals surface area contributed by atoms with Crippen LogP contribution in [0, 0.1) is 0 Å². The van der Waals surface area contributed by atoms with Gasteiger partial charge in [-0.1, -0.05) is 30.3 Å². The number of carbonyl (C=O) groups excluding carboxylic acids is 1. The lowest BCUT2D eigenvalue weighted by Gasteiger charge is -2.12. The molecule has 0 saturated carbocycles. The van der Waals surface area contributed by atoms with Gasteiger partial charge in [0.15, 0.2) is 23.2 Å². The van der Waals surface area contributed by atoms with Crippen molar-refractivity contribution < 1.29 is 14.3 Å². The molecule has 0 spiro atoms. The zero-order valence-corrected chi connectivity index (χ0v) is 15.8. The lowest BCUT2D eigenvalue weighted by molar-refractivity contribution is -0.123. The van der Waals surface area contributed by atoms with Gasteiger partial charge in [-0.25, -0.2) is 0 Å². The van der Waals surface area contributed by atoms with Crippen molar-refractivity contribution in [3.8, 4) is 11.5 Å². The fourth-order valence-electron chi connectivity index (χ4n) is 2.15. The molecule has 0 aliphatic heterocycles. The molecule has 7 nitrogen and oxygen atoms in total. The number of nitrogens with zero attached hydrogens (tertiary/aromatic N) is 1. The number of ether oxygens (including phenoxy) is 2. The van der Waals surface area contributed by atoms with Crippen LogP contribution in [0.25, 0.3) is 0 Å². The van der Waals surface area contributed by atoms with Gasteiger partial charge in [-0.3, -0.25) is 10.2 Å². The number of hydrazone groups is 1. The molecule has 2 rings (SSSR count). The van der Waals surface area contributed by atoms with E-state index in [1.54, 1.807) is 24.4 Å². The number of thiocarbonyl (C=S) groups is 1. The summed E-state index contributed by atoms with van der Waals surface area (Å²) in [5.41, 5.74) is 9.58. The van der Waals surface area contributed by atoms with Gasteiger partial charge in [0.1, 0.15) is 0 Å². The molecule has 0 aliphatic rings. The van der Waals surface area contributed by atoms with E-state index in [2.05, 4.69) is 28.1 Å². The van der Waals surface area contributed by atoms with E-state index in [9.17, 15) is 4.79 Å². The standard InChI is InChI=1S/C19H22N4O3S/c1-2-25-17-10-15(12-22-23-19(20)27)8-9-16(17)26-13-18(24)21-11-14-6-4-3-5-7-14/h3-10,12H,2,11,13H2,1H3,(H,21,24)(H3,20,23,27)/b22-12-. The Kier molecular flexibility index (Phi) is 8.05. The van der Waals surface area contributed by atoms with Gasteiger partial charge in [-0.15, -0.1) is 0 Å². The number of rotatable bonds is 9. The average Bonchev–Trinajstić information content (AvgIpc) is 2.66. The minimum Gasteiger partial charge on any atom is -0.490 e. The molecule has 0 bridgehead atoms. The van der Waals surface area contributed by atoms with Crippen LogP contribution >= 0.6 is 12.2 Å². The highest BCUT2D eigenvalue weighted by Gasteiger charge is 2.09. The molecule has 0 heterocycles. The first-order chi connectivity index (χ1) is 13.1. The van der Waals surface area contributed by atoms with Crippen LogP contribution in [0.1, 0.15) is 18.1 Å². The number of nitrogens with two attached hydrogens (primary N) is 1. The number of hydrogen-bond donors (Lipinski definition) is 3. The Morgan fingerprint density at radius 1 is 1.19 bits per heavy atom. The molecule has 0 aromatic heterocycles. The van der Waals surface area contributed by atoms with Crippen molar-refractivity contribution in [2.45, 2.75) is 13.5 Å². The molecule has 4 N–H and O–H groups in total. The summed E-state index contributed by atoms with van der Waals surface area (Å²) in [6.45, 7) is 2.67. The Morgan fingerprint density at radius 2 is 1.96 bits per heavy atom. The van der Waals surface area contributed by atoms with Gasteiger partial charge in [0, 0.05) is 6.54 Å². The number of benzene rings is 2. The Morgan fingerprint density at radius 3 is 2.67 bits per heavy atom. The minimum atomic E-state index is -0.215. The van der Waals surface area contributed by atoms with Gasteiger partial charge in [-0.2, -0.15) is 5.10 Å². The molecule has 2 aromatic rings. The van der Waals surface area contributed by atoms with E-state index in [-0.39, 0.29) is 17.6 Å². The van der Waals surface area contributed by atoms with Crippen LogP contribution in [-0.4, -0.2) is 30.4 Å². The predicted molar refractivity (Wildman–Crippen MR) is 109 cm³/mol. The summed E-state index contributed by atoms with van der Waals surface area (Å²) in [6, 6.07) is 14.9. The molecule has 27 heavy (non-hydrogen) atoms. The largest absolute Gasteiger partial charge is 0.490 e. The van der Waals surface area contributed by atoms with Gasteiger partial charge in [0.2, 0.25) is 0 Å². The van der Waals surface area contributed by atoms with E-state index in [0.29, 0.717) is 24.7 Å². The van der Waals surface area contributed by atoms with Crippen molar-refractivity contribution in [3.63, 3.8) is 0 Å². The third-order valence-electron chi connectivity index (χ3n) is 3.35. The summed E-state index contributed by atoms with van der Waals surface area (Å²) in [5, 5.41) is 6.79. The molecule has 0 atom stereocenters. The van der Waals surface area contributed by atoms with Crippen LogP contribution in [0.4, 0.5) is 0 Å². The van der Waals surface area contributed by atoms with Crippen LogP contribution in [0.15, 0.2) is 53.6 Å². The van der Waals surface area contributed by atoms with Gasteiger partial charge in [0.05, 0.1) is 12.8 Å². The van der Waals surface area contributed by atoms with E-state index in [4.69, 9.17) is 15.2 Å². The SMILES string of the molecule is CCOc1cc(/C=N\NC(N)=S)ccc1OCC(=O)NCc1ccccc1. The van der Waals surface area contributed by atoms with E-state index in [1.807, 2.05) is 37.3 Å². The molecule has 142 valence electrons. The molecule has 0 aliphatic carbocycles. The van der Waals surface area contributed by atoms with Crippen molar-refractivity contribution in [1.82, 2.24) is 10.7 Å². The Hall–Kier alpha value is -3.13. The second-order valence-corrected chi connectivity index (χ2v) is 5.86. The first-order valence-electron chi connectivity index (χ1n) is 8.37. The Balaban J connectivity index is 1.92. The summed E-state index contributed by atoms with van der Waals surface area (Å²) in [7, 11) is 0. The fraction of sp³-hybridized carbons (Fsp3) is 0.211. The minimum absolute atomic E-state index is 0.0813. The molecule has 1 amide bonds. The molecule has 0 unspecified atom stereocenters. The summed E-state index contributed by atoms with van der Waals surface area (Å²) >= 11 is 4.68. The molecule has 0 radical (unpaired) electrons. The third kappa shape index (κ3) is 7.33. The highest BCUT2D eigenvalue weighted by Crippen LogP contribution is 2.28. The second-order valence-electron chi connectivity index (χ2n) is 5.42. The topological polar surface area (TPSA) is 98.0 Å². The quantitative estimate of drug-likeness (QED) is 0.346. The van der Waals surface area contributed by atoms with Crippen LogP contribution in [0.3, 0.4) is 0 Å². The lowest BCUT2D eigenvalue weighted by Crippen LogP contribution is -2.28. The van der Waals surface area contributed by atoms with Crippen LogP contribution in [0.5, 0.6) is 11.5 Å². The molecule has 2 aromatic carbocycles. The number of nitrogens with one attached hydrogen (secondary N) is 2. The second kappa shape index (κ2) is 10.8. The van der Waals surface area contributed by atoms with E-state index in [0.717, 1.165) is 11.1 Å². The molecule has 0 saturated heterocycles. The zero-order valence-electron chi connectivity index (χ0n) is 15.0. The smallest absolute Gasteiger partial charge is 0.258 e. The highest BCUT2D eigenvalue weighted by molar-refractivity contribution is 7.80. The van der Waals surface area contributed by atoms with Gasteiger partial charge in [0.25, 0.3) is 5.91 Å². The number of hydrogen-bond acceptors (Lipinski definition) is 5. The van der Waals surface area contributed by atoms with E-state index in [1.165, 1.54) is 0 Å². The third-order valence-corrected chi connectivity index (χ3v) is 3.44. The maximum absolute atomic E-state index is 12.0. The fourth-order valence-corrected chi connectivity index (χ4v) is 2.21. The van der Waals surface area contributed by atoms with E-state index < -0.39 is 0 Å². The van der Waals surface area contributed by atoms with Crippen molar-refractivity contribution in [3.05, 3.63) is 59.7 Å². The van der Waals surface area contributed by atoms with E-state index >= 15 is 0 Å². The lowest BCUT2D eigenvalue weighted by atomic mass is 10.2. The van der Waals surface area contributed by atoms with Crippen molar-refractivity contribution in [2.24, 2.45) is 10.8 Å². The average molecular weight is 386 g/mol. The number of amides is 1.